The predicted molar refractivity (Wildman–Crippen MR) is 196 cm³/mol. The maximum atomic E-state index is 2.44. The van der Waals surface area contributed by atoms with Crippen LogP contribution in [0.3, 0.4) is 0 Å². The fourth-order valence-corrected chi connectivity index (χ4v) is 8.48. The molecule has 0 aromatic heterocycles. The largest absolute Gasteiger partial charge is 0.0619 e. The molecule has 8 aromatic carbocycles. The van der Waals surface area contributed by atoms with Crippen LogP contribution < -0.4 is 0 Å². The van der Waals surface area contributed by atoms with Gasteiger partial charge in [0.05, 0.1) is 0 Å². The maximum absolute atomic E-state index is 2.44. The van der Waals surface area contributed by atoms with Crippen molar-refractivity contribution in [1.29, 1.82) is 0 Å². The summed E-state index contributed by atoms with van der Waals surface area (Å²) in [5.41, 5.74) is 16.0. The lowest BCUT2D eigenvalue weighted by Gasteiger charge is -2.19. The summed E-state index contributed by atoms with van der Waals surface area (Å²) in [6, 6.07) is 56.6. The zero-order valence-electron chi connectivity index (χ0n) is 25.6. The van der Waals surface area contributed by atoms with Crippen molar-refractivity contribution in [3.8, 4) is 44.5 Å². The van der Waals surface area contributed by atoms with Crippen molar-refractivity contribution in [2.24, 2.45) is 0 Å². The summed E-state index contributed by atoms with van der Waals surface area (Å²) < 4.78 is 0. The van der Waals surface area contributed by atoms with Gasteiger partial charge in [0.15, 0.2) is 0 Å². The summed E-state index contributed by atoms with van der Waals surface area (Å²) in [5.74, 6) is 0.316. The van der Waals surface area contributed by atoms with Gasteiger partial charge in [-0.1, -0.05) is 151 Å². The van der Waals surface area contributed by atoms with Gasteiger partial charge in [0.1, 0.15) is 0 Å². The molecule has 0 heterocycles. The third-order valence-electron chi connectivity index (χ3n) is 10.4. The molecule has 2 aliphatic carbocycles. The summed E-state index contributed by atoms with van der Waals surface area (Å²) in [7, 11) is 0. The highest BCUT2D eigenvalue weighted by Gasteiger charge is 2.25. The van der Waals surface area contributed by atoms with Gasteiger partial charge in [0.2, 0.25) is 0 Å². The highest BCUT2D eigenvalue weighted by Crippen LogP contribution is 2.51. The van der Waals surface area contributed by atoms with E-state index in [-0.39, 0.29) is 0 Å². The van der Waals surface area contributed by atoms with Crippen LogP contribution in [-0.2, 0) is 0 Å². The van der Waals surface area contributed by atoms with Gasteiger partial charge >= 0.3 is 0 Å². The Morgan fingerprint density at radius 2 is 1.00 bits per heavy atom. The molecule has 2 aliphatic rings. The third-order valence-corrected chi connectivity index (χ3v) is 10.4. The van der Waals surface area contributed by atoms with Crippen LogP contribution in [0.25, 0.3) is 82.9 Å². The summed E-state index contributed by atoms with van der Waals surface area (Å²) in [4.78, 5) is 0. The van der Waals surface area contributed by atoms with Crippen molar-refractivity contribution in [3.63, 3.8) is 0 Å². The fourth-order valence-electron chi connectivity index (χ4n) is 8.48. The second-order valence-electron chi connectivity index (χ2n) is 12.9. The van der Waals surface area contributed by atoms with E-state index in [2.05, 4.69) is 165 Å². The van der Waals surface area contributed by atoms with Crippen molar-refractivity contribution in [2.75, 3.05) is 0 Å². The molecule has 0 bridgehead atoms. The lowest BCUT2D eigenvalue weighted by molar-refractivity contribution is 0.977. The quantitative estimate of drug-likeness (QED) is 0.182. The highest BCUT2D eigenvalue weighted by molar-refractivity contribution is 6.23. The molecule has 0 fully saturated rings. The smallest absolute Gasteiger partial charge is 0.0305 e. The normalized spacial score (nSPS) is 14.5. The van der Waals surface area contributed by atoms with Gasteiger partial charge < -0.3 is 0 Å². The van der Waals surface area contributed by atoms with Crippen LogP contribution in [0.15, 0.2) is 157 Å². The predicted octanol–water partition coefficient (Wildman–Crippen LogP) is 12.7. The fraction of sp³-hybridized carbons (Fsp3) is 0.0435. The molecular weight excluding hydrogens is 553 g/mol. The number of benzene rings is 8. The minimum Gasteiger partial charge on any atom is -0.0619 e. The van der Waals surface area contributed by atoms with E-state index in [9.17, 15) is 0 Å². The van der Waals surface area contributed by atoms with E-state index in [1.165, 1.54) is 99.1 Å². The second-order valence-corrected chi connectivity index (χ2v) is 12.9. The van der Waals surface area contributed by atoms with E-state index in [0.717, 1.165) is 0 Å². The van der Waals surface area contributed by atoms with Crippen LogP contribution >= 0.6 is 0 Å². The van der Waals surface area contributed by atoms with Crippen LogP contribution in [0, 0.1) is 0 Å². The molecule has 0 nitrogen and oxygen atoms in total. The first-order valence-electron chi connectivity index (χ1n) is 16.2. The topological polar surface area (TPSA) is 0 Å². The average Bonchev–Trinajstić information content (AvgIpc) is 3.62. The minimum atomic E-state index is 0.316. The molecule has 46 heavy (non-hydrogen) atoms. The number of fused-ring (bicyclic) bond motifs is 6. The van der Waals surface area contributed by atoms with E-state index in [1.807, 2.05) is 0 Å². The van der Waals surface area contributed by atoms with Gasteiger partial charge in [-0.3, -0.25) is 0 Å². The number of rotatable bonds is 3. The van der Waals surface area contributed by atoms with Gasteiger partial charge in [-0.2, -0.15) is 0 Å². The lowest BCUT2D eigenvalue weighted by atomic mass is 9.84. The van der Waals surface area contributed by atoms with Crippen molar-refractivity contribution >= 4 is 38.4 Å². The Kier molecular flexibility index (Phi) is 5.36. The van der Waals surface area contributed by atoms with Crippen LogP contribution in [0.2, 0.25) is 0 Å². The zero-order chi connectivity index (χ0) is 30.4. The Morgan fingerprint density at radius 1 is 0.435 bits per heavy atom. The van der Waals surface area contributed by atoms with E-state index in [0.29, 0.717) is 5.92 Å². The van der Waals surface area contributed by atoms with Crippen LogP contribution in [0.5, 0.6) is 0 Å². The van der Waals surface area contributed by atoms with E-state index in [1.54, 1.807) is 0 Å². The third kappa shape index (κ3) is 3.56. The Balaban J connectivity index is 1.20. The number of hydrogen-bond donors (Lipinski definition) is 0. The summed E-state index contributed by atoms with van der Waals surface area (Å²) in [5, 5.41) is 7.82. The Bertz CT molecular complexity index is 2520. The molecule has 0 N–H and O–H groups in total. The molecule has 0 aliphatic heterocycles. The zero-order valence-corrected chi connectivity index (χ0v) is 25.6. The lowest BCUT2D eigenvalue weighted by Crippen LogP contribution is -1.99. The molecule has 0 amide bonds. The molecule has 10 rings (SSSR count). The molecule has 1 unspecified atom stereocenters. The van der Waals surface area contributed by atoms with Gasteiger partial charge in [0, 0.05) is 5.92 Å². The summed E-state index contributed by atoms with van der Waals surface area (Å²) in [6.45, 7) is 2.26. The summed E-state index contributed by atoms with van der Waals surface area (Å²) >= 11 is 0. The molecule has 0 radical (unpaired) electrons. The minimum absolute atomic E-state index is 0.316. The molecule has 214 valence electrons. The monoisotopic (exact) mass is 582 g/mol. The van der Waals surface area contributed by atoms with Gasteiger partial charge in [0.25, 0.3) is 0 Å². The van der Waals surface area contributed by atoms with Gasteiger partial charge in [-0.05, 0) is 113 Å². The Morgan fingerprint density at radius 3 is 1.70 bits per heavy atom. The first kappa shape index (κ1) is 25.6. The molecule has 0 heteroatoms. The molecule has 1 atom stereocenters. The summed E-state index contributed by atoms with van der Waals surface area (Å²) in [6.07, 6.45) is 2.34. The van der Waals surface area contributed by atoms with Crippen LogP contribution in [0.1, 0.15) is 29.5 Å². The van der Waals surface area contributed by atoms with Crippen molar-refractivity contribution in [1.82, 2.24) is 0 Å². The molecule has 0 saturated carbocycles. The molecule has 0 saturated heterocycles. The SMILES string of the molecule is CC1=Cc2ccccc2C1c1ccc(-c2c3ccccc3c(-c3cc4c5c(cccc5c3)-c3ccccc3-4)c3ccccc23)cc1. The van der Waals surface area contributed by atoms with Crippen molar-refractivity contribution < 1.29 is 0 Å². The molecule has 8 aromatic rings. The molecular formula is C46H30. The van der Waals surface area contributed by atoms with Gasteiger partial charge in [-0.15, -0.1) is 0 Å². The maximum Gasteiger partial charge on any atom is 0.0305 e. The average molecular weight is 583 g/mol. The first-order chi connectivity index (χ1) is 22.7. The second kappa shape index (κ2) is 9.64. The van der Waals surface area contributed by atoms with Crippen LogP contribution in [0.4, 0.5) is 0 Å². The Hall–Kier alpha value is -5.72. The number of allylic oxidation sites excluding steroid dienone is 1. The van der Waals surface area contributed by atoms with Crippen molar-refractivity contribution in [3.05, 3.63) is 174 Å². The number of hydrogen-bond acceptors (Lipinski definition) is 0. The molecule has 0 spiro atoms. The van der Waals surface area contributed by atoms with E-state index in [4.69, 9.17) is 0 Å². The first-order valence-corrected chi connectivity index (χ1v) is 16.2. The van der Waals surface area contributed by atoms with E-state index < -0.39 is 0 Å². The standard InChI is InChI=1S/C46H30/c1-28-25-31-11-2-3-13-34(31)43(28)29-21-23-30(24-22-29)44-38-16-6-8-18-40(38)46(41-19-9-7-17-39(41)44)33-26-32-12-10-20-37-35-14-4-5-15-36(35)42(27-33)45(32)37/h2-27,43H,1H3. The van der Waals surface area contributed by atoms with Gasteiger partial charge in [-0.25, -0.2) is 0 Å². The van der Waals surface area contributed by atoms with Crippen LogP contribution in [-0.4, -0.2) is 0 Å². The van der Waals surface area contributed by atoms with Crippen molar-refractivity contribution in [2.45, 2.75) is 12.8 Å². The highest BCUT2D eigenvalue weighted by atomic mass is 14.3. The Labute approximate surface area is 268 Å². The van der Waals surface area contributed by atoms with E-state index >= 15 is 0 Å².